The first-order valence-corrected chi connectivity index (χ1v) is 6.60. The predicted molar refractivity (Wildman–Crippen MR) is 76.5 cm³/mol. The van der Waals surface area contributed by atoms with E-state index in [-0.39, 0.29) is 23.6 Å². The average molecular weight is 359 g/mol. The molecule has 1 fully saturated rings. The van der Waals surface area contributed by atoms with Crippen molar-refractivity contribution in [1.82, 2.24) is 0 Å². The van der Waals surface area contributed by atoms with Crippen LogP contribution in [0.15, 0.2) is 18.2 Å². The standard InChI is InChI=1S/C12H11N3O3.C2HF3O2/c13-6-8-5-9(1-2-10(8)12(14)17)15-3-4-18-7-11(15)16;3-2(4,5)1(6)7/h1-2,5H,3-4,7H2,(H2,14,17);(H,6,7). The Bertz CT molecular complexity index is 727. The minimum Gasteiger partial charge on any atom is -0.475 e. The number of anilines is 1. The van der Waals surface area contributed by atoms with Gasteiger partial charge in [0.2, 0.25) is 5.91 Å². The van der Waals surface area contributed by atoms with Crippen molar-refractivity contribution >= 4 is 23.5 Å². The summed E-state index contributed by atoms with van der Waals surface area (Å²) in [5.41, 5.74) is 6.05. The highest BCUT2D eigenvalue weighted by Gasteiger charge is 2.38. The summed E-state index contributed by atoms with van der Waals surface area (Å²) in [4.78, 5) is 33.2. The minimum atomic E-state index is -5.08. The van der Waals surface area contributed by atoms with Gasteiger partial charge in [-0.15, -0.1) is 0 Å². The fourth-order valence-corrected chi connectivity index (χ4v) is 1.80. The first kappa shape index (κ1) is 19.9. The molecule has 0 aliphatic carbocycles. The molecule has 0 bridgehead atoms. The van der Waals surface area contributed by atoms with E-state index in [0.29, 0.717) is 18.8 Å². The van der Waals surface area contributed by atoms with Gasteiger partial charge in [-0.25, -0.2) is 4.79 Å². The molecular weight excluding hydrogens is 347 g/mol. The molecule has 8 nitrogen and oxygen atoms in total. The molecule has 2 rings (SSSR count). The maximum Gasteiger partial charge on any atom is 0.490 e. The fourth-order valence-electron chi connectivity index (χ4n) is 1.80. The molecule has 1 aromatic carbocycles. The number of morpholine rings is 1. The maximum atomic E-state index is 11.6. The van der Waals surface area contributed by atoms with Crippen LogP contribution in [0, 0.1) is 11.3 Å². The fraction of sp³-hybridized carbons (Fsp3) is 0.286. The van der Waals surface area contributed by atoms with Gasteiger partial charge in [-0.05, 0) is 18.2 Å². The highest BCUT2D eigenvalue weighted by molar-refractivity contribution is 5.98. The Kier molecular flexibility index (Phi) is 6.46. The van der Waals surface area contributed by atoms with Crippen LogP contribution in [0.25, 0.3) is 0 Å². The Labute approximate surface area is 139 Å². The summed E-state index contributed by atoms with van der Waals surface area (Å²) < 4.78 is 36.8. The zero-order chi connectivity index (χ0) is 19.2. The number of carboxylic acids is 1. The van der Waals surface area contributed by atoms with E-state index in [9.17, 15) is 22.8 Å². The van der Waals surface area contributed by atoms with Crippen molar-refractivity contribution in [3.05, 3.63) is 29.3 Å². The van der Waals surface area contributed by atoms with Gasteiger partial charge in [0.05, 0.1) is 17.7 Å². The van der Waals surface area contributed by atoms with Crippen molar-refractivity contribution in [1.29, 1.82) is 5.26 Å². The van der Waals surface area contributed by atoms with Gasteiger partial charge >= 0.3 is 12.1 Å². The summed E-state index contributed by atoms with van der Waals surface area (Å²) in [5, 5.41) is 16.1. The summed E-state index contributed by atoms with van der Waals surface area (Å²) in [7, 11) is 0. The van der Waals surface area contributed by atoms with Gasteiger partial charge in [0.15, 0.2) is 0 Å². The molecule has 3 N–H and O–H groups in total. The molecule has 11 heteroatoms. The predicted octanol–water partition coefficient (Wildman–Crippen LogP) is 0.654. The van der Waals surface area contributed by atoms with Crippen LogP contribution in [0.3, 0.4) is 0 Å². The number of aliphatic carboxylic acids is 1. The summed E-state index contributed by atoms with van der Waals surface area (Å²) in [6, 6.07) is 6.45. The summed E-state index contributed by atoms with van der Waals surface area (Å²) in [6.45, 7) is 0.907. The smallest absolute Gasteiger partial charge is 0.475 e. The lowest BCUT2D eigenvalue weighted by Gasteiger charge is -2.27. The lowest BCUT2D eigenvalue weighted by Crippen LogP contribution is -2.41. The molecule has 0 aromatic heterocycles. The van der Waals surface area contributed by atoms with Crippen LogP contribution in [0.5, 0.6) is 0 Å². The van der Waals surface area contributed by atoms with Crippen LogP contribution < -0.4 is 10.6 Å². The van der Waals surface area contributed by atoms with Crippen LogP contribution in [0.1, 0.15) is 15.9 Å². The first-order valence-electron chi connectivity index (χ1n) is 6.60. The Hall–Kier alpha value is -3.13. The van der Waals surface area contributed by atoms with Gasteiger partial charge in [0, 0.05) is 12.2 Å². The van der Waals surface area contributed by atoms with E-state index >= 15 is 0 Å². The van der Waals surface area contributed by atoms with E-state index in [0.717, 1.165) is 0 Å². The highest BCUT2D eigenvalue weighted by Crippen LogP contribution is 2.20. The Morgan fingerprint density at radius 2 is 1.96 bits per heavy atom. The number of hydrogen-bond donors (Lipinski definition) is 2. The van der Waals surface area contributed by atoms with Crippen molar-refractivity contribution in [2.45, 2.75) is 6.18 Å². The van der Waals surface area contributed by atoms with Crippen LogP contribution >= 0.6 is 0 Å². The minimum absolute atomic E-state index is 0.0272. The van der Waals surface area contributed by atoms with Gasteiger partial charge in [-0.3, -0.25) is 9.59 Å². The average Bonchev–Trinajstić information content (AvgIpc) is 2.54. The van der Waals surface area contributed by atoms with Crippen molar-refractivity contribution in [3.63, 3.8) is 0 Å². The SMILES string of the molecule is N#Cc1cc(N2CCOCC2=O)ccc1C(N)=O.O=C(O)C(F)(F)F. The molecule has 1 saturated heterocycles. The topological polar surface area (TPSA) is 134 Å². The van der Waals surface area contributed by atoms with Gasteiger partial charge in [0.1, 0.15) is 12.7 Å². The number of nitrogens with zero attached hydrogens (tertiary/aromatic N) is 2. The van der Waals surface area contributed by atoms with Crippen molar-refractivity contribution < 1.29 is 37.4 Å². The lowest BCUT2D eigenvalue weighted by molar-refractivity contribution is -0.192. The molecule has 1 heterocycles. The van der Waals surface area contributed by atoms with E-state index in [4.69, 9.17) is 25.6 Å². The van der Waals surface area contributed by atoms with Crippen molar-refractivity contribution in [2.24, 2.45) is 5.73 Å². The lowest BCUT2D eigenvalue weighted by atomic mass is 10.1. The zero-order valence-corrected chi connectivity index (χ0v) is 12.5. The molecule has 25 heavy (non-hydrogen) atoms. The number of hydrogen-bond acceptors (Lipinski definition) is 5. The molecule has 0 atom stereocenters. The maximum absolute atomic E-state index is 11.6. The number of halogens is 3. The Morgan fingerprint density at radius 3 is 2.40 bits per heavy atom. The largest absolute Gasteiger partial charge is 0.490 e. The van der Waals surface area contributed by atoms with Crippen LogP contribution in [-0.2, 0) is 14.3 Å². The number of alkyl halides is 3. The number of ether oxygens (including phenoxy) is 1. The van der Waals surface area contributed by atoms with Gasteiger partial charge < -0.3 is 20.5 Å². The number of nitrogens with two attached hydrogens (primary N) is 1. The first-order chi connectivity index (χ1) is 11.6. The third-order valence-electron chi connectivity index (χ3n) is 2.93. The van der Waals surface area contributed by atoms with Crippen molar-refractivity contribution in [2.75, 3.05) is 24.7 Å². The molecule has 0 radical (unpaired) electrons. The number of rotatable bonds is 2. The van der Waals surface area contributed by atoms with Gasteiger partial charge in [-0.2, -0.15) is 18.4 Å². The van der Waals surface area contributed by atoms with Crippen LogP contribution in [0.2, 0.25) is 0 Å². The van der Waals surface area contributed by atoms with E-state index in [2.05, 4.69) is 0 Å². The van der Waals surface area contributed by atoms with E-state index in [1.807, 2.05) is 6.07 Å². The number of benzene rings is 1. The van der Waals surface area contributed by atoms with E-state index in [1.165, 1.54) is 17.0 Å². The zero-order valence-electron chi connectivity index (χ0n) is 12.5. The molecule has 0 spiro atoms. The number of carbonyl (C=O) groups is 3. The summed E-state index contributed by atoms with van der Waals surface area (Å²) >= 11 is 0. The number of carbonyl (C=O) groups excluding carboxylic acids is 2. The number of nitriles is 1. The molecule has 0 unspecified atom stereocenters. The molecule has 1 aromatic rings. The third-order valence-corrected chi connectivity index (χ3v) is 2.93. The second-order valence-electron chi connectivity index (χ2n) is 4.61. The molecule has 1 aliphatic rings. The number of carboxylic acid groups (broad SMARTS) is 1. The molecule has 1 aliphatic heterocycles. The molecular formula is C14H12F3N3O5. The van der Waals surface area contributed by atoms with Gasteiger partial charge in [-0.1, -0.05) is 0 Å². The number of primary amides is 1. The Balaban J connectivity index is 0.000000381. The highest BCUT2D eigenvalue weighted by atomic mass is 19.4. The number of amides is 2. The van der Waals surface area contributed by atoms with Gasteiger partial charge in [0.25, 0.3) is 5.91 Å². The summed E-state index contributed by atoms with van der Waals surface area (Å²) in [6.07, 6.45) is -5.08. The molecule has 0 saturated carbocycles. The second-order valence-corrected chi connectivity index (χ2v) is 4.61. The molecule has 134 valence electrons. The second kappa shape index (κ2) is 8.11. The van der Waals surface area contributed by atoms with Crippen LogP contribution in [-0.4, -0.2) is 48.8 Å². The van der Waals surface area contributed by atoms with Crippen molar-refractivity contribution in [3.8, 4) is 6.07 Å². The van der Waals surface area contributed by atoms with Crippen LogP contribution in [0.4, 0.5) is 18.9 Å². The third kappa shape index (κ3) is 5.47. The quantitative estimate of drug-likeness (QED) is 0.796. The van der Waals surface area contributed by atoms with E-state index in [1.54, 1.807) is 6.07 Å². The monoisotopic (exact) mass is 359 g/mol. The Morgan fingerprint density at radius 1 is 1.36 bits per heavy atom. The van der Waals surface area contributed by atoms with E-state index < -0.39 is 18.1 Å². The summed E-state index contributed by atoms with van der Waals surface area (Å²) in [5.74, 6) is -3.59. The normalized spacial score (nSPS) is 14.2. The molecule has 2 amide bonds.